The topological polar surface area (TPSA) is 94.9 Å². The van der Waals surface area contributed by atoms with Gasteiger partial charge in [-0.3, -0.25) is 14.2 Å². The lowest BCUT2D eigenvalue weighted by Gasteiger charge is -2.29. The first kappa shape index (κ1) is 26.6. The summed E-state index contributed by atoms with van der Waals surface area (Å²) in [4.78, 5) is 33.6. The second-order valence-electron chi connectivity index (χ2n) is 9.00. The van der Waals surface area contributed by atoms with E-state index < -0.39 is 0 Å². The molecule has 1 saturated heterocycles. The molecular weight excluding hydrogens is 516 g/mol. The van der Waals surface area contributed by atoms with Crippen LogP contribution in [0.5, 0.6) is 11.5 Å². The maximum atomic E-state index is 13.8. The molecule has 0 saturated carbocycles. The van der Waals surface area contributed by atoms with Crippen molar-refractivity contribution in [3.05, 3.63) is 82.6 Å². The Morgan fingerprint density at radius 3 is 2.51 bits per heavy atom. The first-order valence-corrected chi connectivity index (χ1v) is 13.6. The minimum Gasteiger partial charge on any atom is -0.497 e. The number of ether oxygens (including phenoxy) is 3. The van der Waals surface area contributed by atoms with Crippen LogP contribution in [-0.4, -0.2) is 61.7 Å². The number of nitrogens with zero attached hydrogens (tertiary/aromatic N) is 3. The van der Waals surface area contributed by atoms with E-state index in [9.17, 15) is 9.59 Å². The van der Waals surface area contributed by atoms with Crippen LogP contribution in [0.25, 0.3) is 10.9 Å². The molecule has 1 amide bonds. The Labute approximate surface area is 230 Å². The fraction of sp³-hybridized carbons (Fsp3) is 0.276. The van der Waals surface area contributed by atoms with Gasteiger partial charge in [-0.1, -0.05) is 30.0 Å². The van der Waals surface area contributed by atoms with Gasteiger partial charge in [0.05, 0.1) is 50.6 Å². The minimum absolute atomic E-state index is 0.0869. The number of fused-ring (bicyclic) bond motifs is 1. The molecule has 0 aliphatic carbocycles. The molecule has 1 aliphatic heterocycles. The van der Waals surface area contributed by atoms with Crippen LogP contribution in [0.1, 0.15) is 5.56 Å². The van der Waals surface area contributed by atoms with Crippen LogP contribution in [0.15, 0.2) is 76.7 Å². The fourth-order valence-electron chi connectivity index (χ4n) is 4.40. The molecule has 1 N–H and O–H groups in total. The third-order valence-electron chi connectivity index (χ3n) is 6.46. The van der Waals surface area contributed by atoms with Crippen molar-refractivity contribution in [3.8, 4) is 11.5 Å². The Morgan fingerprint density at radius 2 is 1.77 bits per heavy atom. The Hall–Kier alpha value is -4.02. The molecule has 0 bridgehead atoms. The third kappa shape index (κ3) is 6.35. The van der Waals surface area contributed by atoms with E-state index in [1.54, 1.807) is 30.9 Å². The van der Waals surface area contributed by atoms with Crippen LogP contribution in [0.3, 0.4) is 0 Å². The van der Waals surface area contributed by atoms with Gasteiger partial charge in [0.15, 0.2) is 5.16 Å². The van der Waals surface area contributed by atoms with Crippen molar-refractivity contribution in [2.75, 3.05) is 56.5 Å². The van der Waals surface area contributed by atoms with Gasteiger partial charge in [0.1, 0.15) is 11.5 Å². The molecule has 5 rings (SSSR count). The molecular formula is C29H30N4O5S. The van der Waals surface area contributed by atoms with Gasteiger partial charge in [-0.25, -0.2) is 4.98 Å². The zero-order valence-electron chi connectivity index (χ0n) is 21.9. The smallest absolute Gasteiger partial charge is 0.262 e. The first-order chi connectivity index (χ1) is 19.0. The predicted molar refractivity (Wildman–Crippen MR) is 153 cm³/mol. The van der Waals surface area contributed by atoms with Gasteiger partial charge in [-0.15, -0.1) is 0 Å². The number of amides is 1. The standard InChI is InChI=1S/C29H30N4O5S/c1-36-23-9-6-20(7-10-23)18-33-28(35)25-17-22(32-12-14-38-15-13-32)8-11-26(25)31-29(33)39-19-27(34)30-21-4-3-5-24(16-21)37-2/h3-11,16-17H,12-15,18-19H2,1-2H3,(H,30,34). The maximum absolute atomic E-state index is 13.8. The summed E-state index contributed by atoms with van der Waals surface area (Å²) in [6, 6.07) is 20.5. The highest BCUT2D eigenvalue weighted by Crippen LogP contribution is 2.25. The van der Waals surface area contributed by atoms with Crippen LogP contribution in [-0.2, 0) is 16.1 Å². The normalized spacial score (nSPS) is 13.3. The lowest BCUT2D eigenvalue weighted by molar-refractivity contribution is -0.113. The van der Waals surface area contributed by atoms with Gasteiger partial charge in [0, 0.05) is 30.5 Å². The molecule has 1 fully saturated rings. The molecule has 0 unspecified atom stereocenters. The number of carbonyl (C=O) groups is 1. The van der Waals surface area contributed by atoms with Gasteiger partial charge in [0.2, 0.25) is 5.91 Å². The molecule has 0 radical (unpaired) electrons. The van der Waals surface area contributed by atoms with Crippen LogP contribution < -0.4 is 25.2 Å². The molecule has 1 aromatic heterocycles. The van der Waals surface area contributed by atoms with Crippen molar-refractivity contribution in [3.63, 3.8) is 0 Å². The molecule has 9 nitrogen and oxygen atoms in total. The summed E-state index contributed by atoms with van der Waals surface area (Å²) in [7, 11) is 3.19. The zero-order chi connectivity index (χ0) is 27.2. The lowest BCUT2D eigenvalue weighted by Crippen LogP contribution is -2.36. The zero-order valence-corrected chi connectivity index (χ0v) is 22.7. The summed E-state index contributed by atoms with van der Waals surface area (Å²) in [6.07, 6.45) is 0. The summed E-state index contributed by atoms with van der Waals surface area (Å²) in [5.41, 5.74) is 2.97. The third-order valence-corrected chi connectivity index (χ3v) is 7.44. The molecule has 202 valence electrons. The summed E-state index contributed by atoms with van der Waals surface area (Å²) in [5, 5.41) is 3.89. The highest BCUT2D eigenvalue weighted by molar-refractivity contribution is 7.99. The van der Waals surface area contributed by atoms with Crippen LogP contribution in [0.4, 0.5) is 11.4 Å². The molecule has 1 aliphatic rings. The van der Waals surface area contributed by atoms with E-state index in [1.165, 1.54) is 11.8 Å². The van der Waals surface area contributed by atoms with Crippen molar-refractivity contribution in [1.82, 2.24) is 9.55 Å². The number of aromatic nitrogens is 2. The van der Waals surface area contributed by atoms with Crippen molar-refractivity contribution >= 4 is 39.9 Å². The van der Waals surface area contributed by atoms with E-state index in [4.69, 9.17) is 19.2 Å². The van der Waals surface area contributed by atoms with E-state index in [0.717, 1.165) is 30.1 Å². The fourth-order valence-corrected chi connectivity index (χ4v) is 5.20. The number of hydrogen-bond acceptors (Lipinski definition) is 8. The molecule has 39 heavy (non-hydrogen) atoms. The van der Waals surface area contributed by atoms with E-state index in [0.29, 0.717) is 47.3 Å². The van der Waals surface area contributed by atoms with Gasteiger partial charge in [-0.2, -0.15) is 0 Å². The van der Waals surface area contributed by atoms with Crippen molar-refractivity contribution in [2.24, 2.45) is 0 Å². The number of nitrogens with one attached hydrogen (secondary N) is 1. The molecule has 0 spiro atoms. The van der Waals surface area contributed by atoms with Gasteiger partial charge >= 0.3 is 0 Å². The molecule has 0 atom stereocenters. The molecule has 4 aromatic rings. The predicted octanol–water partition coefficient (Wildman–Crippen LogP) is 4.03. The Bertz CT molecular complexity index is 1520. The lowest BCUT2D eigenvalue weighted by atomic mass is 10.2. The Balaban J connectivity index is 1.44. The monoisotopic (exact) mass is 546 g/mol. The quantitative estimate of drug-likeness (QED) is 0.248. The molecule has 10 heteroatoms. The largest absolute Gasteiger partial charge is 0.497 e. The number of morpholine rings is 1. The summed E-state index contributed by atoms with van der Waals surface area (Å²) < 4.78 is 17.6. The van der Waals surface area contributed by atoms with E-state index in [1.807, 2.05) is 54.6 Å². The summed E-state index contributed by atoms with van der Waals surface area (Å²) in [6.45, 7) is 3.18. The Morgan fingerprint density at radius 1 is 1.00 bits per heavy atom. The van der Waals surface area contributed by atoms with Crippen LogP contribution >= 0.6 is 11.8 Å². The summed E-state index contributed by atoms with van der Waals surface area (Å²) in [5.74, 6) is 1.27. The maximum Gasteiger partial charge on any atom is 0.262 e. The Kier molecular flexibility index (Phi) is 8.33. The van der Waals surface area contributed by atoms with Crippen LogP contribution in [0, 0.1) is 0 Å². The number of hydrogen-bond donors (Lipinski definition) is 1. The number of anilines is 2. The van der Waals surface area contributed by atoms with E-state index >= 15 is 0 Å². The second kappa shape index (κ2) is 12.2. The van der Waals surface area contributed by atoms with Crippen molar-refractivity contribution in [2.45, 2.75) is 11.7 Å². The highest BCUT2D eigenvalue weighted by Gasteiger charge is 2.17. The molecule has 2 heterocycles. The highest BCUT2D eigenvalue weighted by atomic mass is 32.2. The number of methoxy groups -OCH3 is 2. The number of carbonyl (C=O) groups excluding carboxylic acids is 1. The average molecular weight is 547 g/mol. The van der Waals surface area contributed by atoms with Crippen molar-refractivity contribution < 1.29 is 19.0 Å². The van der Waals surface area contributed by atoms with Crippen molar-refractivity contribution in [1.29, 1.82) is 0 Å². The van der Waals surface area contributed by atoms with Crippen LogP contribution in [0.2, 0.25) is 0 Å². The average Bonchev–Trinajstić information content (AvgIpc) is 2.98. The number of benzene rings is 3. The van der Waals surface area contributed by atoms with Gasteiger partial charge in [0.25, 0.3) is 5.56 Å². The first-order valence-electron chi connectivity index (χ1n) is 12.6. The van der Waals surface area contributed by atoms with E-state index in [2.05, 4.69) is 10.2 Å². The second-order valence-corrected chi connectivity index (χ2v) is 9.95. The SMILES string of the molecule is COc1ccc(Cn2c(SCC(=O)Nc3cccc(OC)c3)nc3ccc(N4CCOCC4)cc3c2=O)cc1. The molecule has 3 aromatic carbocycles. The number of rotatable bonds is 9. The number of thioether (sulfide) groups is 1. The van der Waals surface area contributed by atoms with Gasteiger partial charge < -0.3 is 24.4 Å². The summed E-state index contributed by atoms with van der Waals surface area (Å²) >= 11 is 1.23. The van der Waals surface area contributed by atoms with Gasteiger partial charge in [-0.05, 0) is 48.0 Å². The minimum atomic E-state index is -0.207. The van der Waals surface area contributed by atoms with E-state index in [-0.39, 0.29) is 17.2 Å².